The van der Waals surface area contributed by atoms with Gasteiger partial charge in [-0.2, -0.15) is 0 Å². The van der Waals surface area contributed by atoms with Crippen LogP contribution in [0.4, 0.5) is 0 Å². The molecule has 1 aliphatic rings. The van der Waals surface area contributed by atoms with Crippen LogP contribution in [-0.2, 0) is 24.3 Å². The van der Waals surface area contributed by atoms with E-state index < -0.39 is 27.8 Å². The Kier molecular flexibility index (Phi) is 4.50. The normalized spacial score (nSPS) is 19.9. The van der Waals surface area contributed by atoms with Crippen molar-refractivity contribution in [3.05, 3.63) is 29.3 Å². The number of esters is 1. The van der Waals surface area contributed by atoms with Crippen molar-refractivity contribution in [2.45, 2.75) is 11.3 Å². The maximum atomic E-state index is 12.4. The highest BCUT2D eigenvalue weighted by Crippen LogP contribution is 2.21. The van der Waals surface area contributed by atoms with Gasteiger partial charge in [-0.3, -0.25) is 15.0 Å². The van der Waals surface area contributed by atoms with Crippen molar-refractivity contribution in [3.63, 3.8) is 0 Å². The summed E-state index contributed by atoms with van der Waals surface area (Å²) in [5.74, 6) is -2.01. The largest absolute Gasteiger partial charge is 0.469 e. The molecule has 1 amide bonds. The number of sulfonamides is 1. The Labute approximate surface area is 126 Å². The first-order valence-electron chi connectivity index (χ1n) is 6.00. The SMILES string of the molecule is COC(=O)[C@H]1CC(=O)NN(S(=O)(=O)c2ccc(Cl)cc2)C1. The van der Waals surface area contributed by atoms with E-state index in [4.69, 9.17) is 11.6 Å². The number of nitrogens with zero attached hydrogens (tertiary/aromatic N) is 1. The molecule has 1 heterocycles. The van der Waals surface area contributed by atoms with E-state index in [0.29, 0.717) is 5.02 Å². The van der Waals surface area contributed by atoms with E-state index in [1.54, 1.807) is 0 Å². The van der Waals surface area contributed by atoms with Crippen LogP contribution >= 0.6 is 11.6 Å². The molecule has 0 bridgehead atoms. The maximum absolute atomic E-state index is 12.4. The number of carbonyl (C=O) groups excluding carboxylic acids is 2. The van der Waals surface area contributed by atoms with Gasteiger partial charge >= 0.3 is 5.97 Å². The molecule has 9 heteroatoms. The topological polar surface area (TPSA) is 92.8 Å². The van der Waals surface area contributed by atoms with Gasteiger partial charge in [0.05, 0.1) is 17.9 Å². The molecule has 1 N–H and O–H groups in total. The number of rotatable bonds is 3. The standard InChI is InChI=1S/C12H13ClN2O5S/c1-20-12(17)8-6-11(16)14-15(7-8)21(18,19)10-4-2-9(13)3-5-10/h2-5,8H,6-7H2,1H3,(H,14,16)/t8-/m0/s1. The van der Waals surface area contributed by atoms with Crippen LogP contribution in [0.15, 0.2) is 29.2 Å². The fraction of sp³-hybridized carbons (Fsp3) is 0.333. The summed E-state index contributed by atoms with van der Waals surface area (Å²) >= 11 is 5.71. The molecule has 21 heavy (non-hydrogen) atoms. The minimum absolute atomic E-state index is 0.0299. The Bertz CT molecular complexity index is 659. The summed E-state index contributed by atoms with van der Waals surface area (Å²) in [6.07, 6.45) is -0.112. The number of benzene rings is 1. The first-order valence-corrected chi connectivity index (χ1v) is 7.82. The van der Waals surface area contributed by atoms with Crippen molar-refractivity contribution >= 4 is 33.5 Å². The van der Waals surface area contributed by atoms with Crippen LogP contribution in [0.3, 0.4) is 0 Å². The van der Waals surface area contributed by atoms with Crippen LogP contribution in [-0.4, -0.2) is 38.4 Å². The second-order valence-corrected chi connectivity index (χ2v) is 6.75. The smallest absolute Gasteiger partial charge is 0.310 e. The number of methoxy groups -OCH3 is 1. The number of carbonyl (C=O) groups is 2. The van der Waals surface area contributed by atoms with E-state index in [-0.39, 0.29) is 17.9 Å². The molecule has 114 valence electrons. The molecule has 0 unspecified atom stereocenters. The third-order valence-corrected chi connectivity index (χ3v) is 4.94. The highest BCUT2D eigenvalue weighted by atomic mass is 35.5. The average Bonchev–Trinajstić information content (AvgIpc) is 2.46. The van der Waals surface area contributed by atoms with Crippen molar-refractivity contribution in [2.24, 2.45) is 5.92 Å². The molecule has 0 radical (unpaired) electrons. The zero-order valence-corrected chi connectivity index (χ0v) is 12.6. The molecule has 1 atom stereocenters. The van der Waals surface area contributed by atoms with Gasteiger partial charge in [-0.25, -0.2) is 8.42 Å². The number of hydrogen-bond donors (Lipinski definition) is 1. The third kappa shape index (κ3) is 3.34. The Morgan fingerprint density at radius 1 is 1.38 bits per heavy atom. The second kappa shape index (κ2) is 6.00. The van der Waals surface area contributed by atoms with E-state index in [1.807, 2.05) is 0 Å². The van der Waals surface area contributed by atoms with Crippen LogP contribution in [0.5, 0.6) is 0 Å². The second-order valence-electron chi connectivity index (χ2n) is 4.45. The van der Waals surface area contributed by atoms with E-state index in [9.17, 15) is 18.0 Å². The Morgan fingerprint density at radius 3 is 2.57 bits per heavy atom. The monoisotopic (exact) mass is 332 g/mol. The molecule has 1 saturated heterocycles. The van der Waals surface area contributed by atoms with Gasteiger partial charge in [0.2, 0.25) is 5.91 Å². The quantitative estimate of drug-likeness (QED) is 0.816. The van der Waals surface area contributed by atoms with Gasteiger partial charge in [0.1, 0.15) is 0 Å². The number of hydrogen-bond acceptors (Lipinski definition) is 5. The number of nitrogens with one attached hydrogen (secondary N) is 1. The van der Waals surface area contributed by atoms with Crippen molar-refractivity contribution in [1.82, 2.24) is 9.84 Å². The zero-order chi connectivity index (χ0) is 15.6. The zero-order valence-electron chi connectivity index (χ0n) is 11.1. The number of ether oxygens (including phenoxy) is 1. The summed E-state index contributed by atoms with van der Waals surface area (Å²) in [5, 5.41) is 0.393. The highest BCUT2D eigenvalue weighted by Gasteiger charge is 2.37. The molecule has 0 saturated carbocycles. The number of halogens is 1. The van der Waals surface area contributed by atoms with Crippen LogP contribution in [0.25, 0.3) is 0 Å². The molecular formula is C12H13ClN2O5S. The molecule has 2 rings (SSSR count). The van der Waals surface area contributed by atoms with E-state index >= 15 is 0 Å². The van der Waals surface area contributed by atoms with Gasteiger partial charge in [-0.1, -0.05) is 11.6 Å². The highest BCUT2D eigenvalue weighted by molar-refractivity contribution is 7.89. The average molecular weight is 333 g/mol. The van der Waals surface area contributed by atoms with Crippen molar-refractivity contribution in [3.8, 4) is 0 Å². The van der Waals surface area contributed by atoms with Crippen molar-refractivity contribution in [2.75, 3.05) is 13.7 Å². The number of amides is 1. The Hall–Kier alpha value is -1.64. The molecule has 0 spiro atoms. The summed E-state index contributed by atoms with van der Waals surface area (Å²) in [5.41, 5.74) is 2.24. The molecule has 0 aromatic heterocycles. The van der Waals surface area contributed by atoms with Crippen molar-refractivity contribution < 1.29 is 22.7 Å². The van der Waals surface area contributed by atoms with Crippen LogP contribution in [0.2, 0.25) is 5.02 Å². The lowest BCUT2D eigenvalue weighted by Gasteiger charge is -2.30. The molecule has 1 aromatic carbocycles. The fourth-order valence-electron chi connectivity index (χ4n) is 1.94. The number of hydrazine groups is 1. The summed E-state index contributed by atoms with van der Waals surface area (Å²) in [6, 6.07) is 5.51. The van der Waals surface area contributed by atoms with Crippen molar-refractivity contribution in [1.29, 1.82) is 0 Å². The first-order chi connectivity index (χ1) is 9.84. The lowest BCUT2D eigenvalue weighted by atomic mass is 10.0. The predicted octanol–water partition coefficient (Wildman–Crippen LogP) is 0.555. The Morgan fingerprint density at radius 2 is 2.00 bits per heavy atom. The molecule has 0 aliphatic carbocycles. The predicted molar refractivity (Wildman–Crippen MR) is 73.6 cm³/mol. The summed E-state index contributed by atoms with van der Waals surface area (Å²) in [6.45, 7) is -0.177. The first kappa shape index (κ1) is 15.7. The maximum Gasteiger partial charge on any atom is 0.310 e. The van der Waals surface area contributed by atoms with Gasteiger partial charge in [0.15, 0.2) is 0 Å². The summed E-state index contributed by atoms with van der Waals surface area (Å²) in [4.78, 5) is 23.1. The Balaban J connectivity index is 2.28. The van der Waals surface area contributed by atoms with Gasteiger partial charge < -0.3 is 4.74 Å². The van der Waals surface area contributed by atoms with E-state index in [1.165, 1.54) is 31.4 Å². The van der Waals surface area contributed by atoms with Crippen LogP contribution < -0.4 is 5.43 Å². The summed E-state index contributed by atoms with van der Waals surface area (Å²) in [7, 11) is -2.76. The van der Waals surface area contributed by atoms with Crippen LogP contribution in [0.1, 0.15) is 6.42 Å². The fourth-order valence-corrected chi connectivity index (χ4v) is 3.39. The van der Waals surface area contributed by atoms with Crippen LogP contribution in [0, 0.1) is 5.92 Å². The van der Waals surface area contributed by atoms with Gasteiger partial charge in [0, 0.05) is 18.0 Å². The summed E-state index contributed by atoms with van der Waals surface area (Å²) < 4.78 is 30.1. The lowest BCUT2D eigenvalue weighted by Crippen LogP contribution is -2.54. The lowest BCUT2D eigenvalue weighted by molar-refractivity contribution is -0.150. The minimum atomic E-state index is -3.95. The van der Waals surface area contributed by atoms with Gasteiger partial charge in [0.25, 0.3) is 10.0 Å². The van der Waals surface area contributed by atoms with Gasteiger partial charge in [-0.05, 0) is 24.3 Å². The molecular weight excluding hydrogens is 320 g/mol. The van der Waals surface area contributed by atoms with E-state index in [2.05, 4.69) is 10.2 Å². The molecule has 7 nitrogen and oxygen atoms in total. The minimum Gasteiger partial charge on any atom is -0.469 e. The molecule has 1 fully saturated rings. The molecule has 1 aromatic rings. The molecule has 1 aliphatic heterocycles. The third-order valence-electron chi connectivity index (χ3n) is 3.00. The van der Waals surface area contributed by atoms with E-state index in [0.717, 1.165) is 4.41 Å². The van der Waals surface area contributed by atoms with Gasteiger partial charge in [-0.15, -0.1) is 4.41 Å².